The van der Waals surface area contributed by atoms with E-state index in [4.69, 9.17) is 14.7 Å². The number of halogens is 1. The molecule has 4 nitrogen and oxygen atoms in total. The fourth-order valence-electron chi connectivity index (χ4n) is 1.72. The van der Waals surface area contributed by atoms with Crippen molar-refractivity contribution in [2.24, 2.45) is 5.16 Å². The van der Waals surface area contributed by atoms with E-state index in [2.05, 4.69) is 21.1 Å². The number of rotatable bonds is 5. The Balaban J connectivity index is 2.21. The molecule has 0 atom stereocenters. The molecule has 0 unspecified atom stereocenters. The van der Waals surface area contributed by atoms with Crippen molar-refractivity contribution in [1.29, 1.82) is 0 Å². The number of ether oxygens (including phenoxy) is 2. The number of hydrogen-bond acceptors (Lipinski definition) is 4. The summed E-state index contributed by atoms with van der Waals surface area (Å²) in [4.78, 5) is 0. The van der Waals surface area contributed by atoms with Crippen LogP contribution in [-0.4, -0.2) is 18.5 Å². The molecule has 104 valence electrons. The molecule has 2 aromatic rings. The van der Waals surface area contributed by atoms with Gasteiger partial charge in [0, 0.05) is 10.0 Å². The third-order valence-corrected chi connectivity index (χ3v) is 3.40. The molecule has 0 aliphatic rings. The molecule has 2 rings (SSSR count). The molecule has 1 N–H and O–H groups in total. The third kappa shape index (κ3) is 3.51. The highest BCUT2D eigenvalue weighted by atomic mass is 79.9. The molecule has 0 radical (unpaired) electrons. The number of hydrogen-bond donors (Lipinski definition) is 1. The van der Waals surface area contributed by atoms with Crippen molar-refractivity contribution in [1.82, 2.24) is 0 Å². The summed E-state index contributed by atoms with van der Waals surface area (Å²) in [5.74, 6) is 1.21. The van der Waals surface area contributed by atoms with Crippen molar-refractivity contribution in [3.05, 3.63) is 58.1 Å². The molecule has 0 amide bonds. The van der Waals surface area contributed by atoms with E-state index in [9.17, 15) is 0 Å². The van der Waals surface area contributed by atoms with Crippen molar-refractivity contribution in [2.75, 3.05) is 7.11 Å². The zero-order valence-corrected chi connectivity index (χ0v) is 12.5. The Kier molecular flexibility index (Phi) is 5.01. The lowest BCUT2D eigenvalue weighted by Crippen LogP contribution is -1.99. The van der Waals surface area contributed by atoms with E-state index in [0.717, 1.165) is 10.0 Å². The first-order chi connectivity index (χ1) is 9.74. The zero-order chi connectivity index (χ0) is 14.4. The largest absolute Gasteiger partial charge is 0.493 e. The minimum absolute atomic E-state index is 0.455. The first-order valence-corrected chi connectivity index (χ1v) is 6.75. The lowest BCUT2D eigenvalue weighted by molar-refractivity contribution is 0.284. The Morgan fingerprint density at radius 1 is 1.20 bits per heavy atom. The molecule has 0 heterocycles. The highest BCUT2D eigenvalue weighted by Gasteiger charge is 2.09. The second-order valence-electron chi connectivity index (χ2n) is 4.04. The lowest BCUT2D eigenvalue weighted by Gasteiger charge is -2.12. The van der Waals surface area contributed by atoms with Crippen molar-refractivity contribution < 1.29 is 14.7 Å². The monoisotopic (exact) mass is 335 g/mol. The Morgan fingerprint density at radius 3 is 2.60 bits per heavy atom. The van der Waals surface area contributed by atoms with E-state index in [1.165, 1.54) is 6.21 Å². The lowest BCUT2D eigenvalue weighted by atomic mass is 10.2. The summed E-state index contributed by atoms with van der Waals surface area (Å²) in [5, 5.41) is 11.6. The van der Waals surface area contributed by atoms with Crippen LogP contribution in [0.1, 0.15) is 11.1 Å². The summed E-state index contributed by atoms with van der Waals surface area (Å²) in [6.45, 7) is 0.455. The summed E-state index contributed by atoms with van der Waals surface area (Å²) in [7, 11) is 1.57. The smallest absolute Gasteiger partial charge is 0.162 e. The molecule has 0 aromatic heterocycles. The Hall–Kier alpha value is -2.01. The van der Waals surface area contributed by atoms with Crippen LogP contribution in [0.4, 0.5) is 0 Å². The van der Waals surface area contributed by atoms with Crippen LogP contribution in [0.25, 0.3) is 0 Å². The average Bonchev–Trinajstić information content (AvgIpc) is 2.48. The number of benzene rings is 2. The second kappa shape index (κ2) is 6.96. The number of nitrogens with zero attached hydrogens (tertiary/aromatic N) is 1. The van der Waals surface area contributed by atoms with Crippen molar-refractivity contribution in [3.8, 4) is 11.5 Å². The van der Waals surface area contributed by atoms with E-state index < -0.39 is 0 Å². The SMILES string of the molecule is COc1cc(C=NO)c(Br)cc1OCc1ccccc1. The van der Waals surface area contributed by atoms with Gasteiger partial charge in [-0.1, -0.05) is 35.5 Å². The van der Waals surface area contributed by atoms with Gasteiger partial charge < -0.3 is 14.7 Å². The Bertz CT molecular complexity index is 600. The standard InChI is InChI=1S/C15H14BrNO3/c1-19-14-7-12(9-17-18)13(16)8-15(14)20-10-11-5-3-2-4-6-11/h2-9,18H,10H2,1H3. The van der Waals surface area contributed by atoms with E-state index >= 15 is 0 Å². The van der Waals surface area contributed by atoms with Crippen LogP contribution in [-0.2, 0) is 6.61 Å². The molecular formula is C15H14BrNO3. The Labute approximate surface area is 125 Å². The topological polar surface area (TPSA) is 51.0 Å². The van der Waals surface area contributed by atoms with E-state index in [1.54, 1.807) is 19.2 Å². The molecule has 0 aliphatic heterocycles. The van der Waals surface area contributed by atoms with Crippen molar-refractivity contribution in [2.45, 2.75) is 6.61 Å². The van der Waals surface area contributed by atoms with Gasteiger partial charge in [0.25, 0.3) is 0 Å². The van der Waals surface area contributed by atoms with Crippen LogP contribution in [0, 0.1) is 0 Å². The quantitative estimate of drug-likeness (QED) is 0.513. The normalized spacial score (nSPS) is 10.7. The Morgan fingerprint density at radius 2 is 1.95 bits per heavy atom. The van der Waals surface area contributed by atoms with Gasteiger partial charge in [-0.3, -0.25) is 0 Å². The van der Waals surface area contributed by atoms with Gasteiger partial charge in [0.05, 0.1) is 13.3 Å². The van der Waals surface area contributed by atoms with Gasteiger partial charge in [-0.05, 0) is 33.6 Å². The highest BCUT2D eigenvalue weighted by Crippen LogP contribution is 2.33. The van der Waals surface area contributed by atoms with Gasteiger partial charge in [0.1, 0.15) is 6.61 Å². The first-order valence-electron chi connectivity index (χ1n) is 5.96. The zero-order valence-electron chi connectivity index (χ0n) is 10.9. The molecule has 0 fully saturated rings. The molecule has 0 saturated carbocycles. The van der Waals surface area contributed by atoms with Crippen LogP contribution in [0.3, 0.4) is 0 Å². The highest BCUT2D eigenvalue weighted by molar-refractivity contribution is 9.10. The number of methoxy groups -OCH3 is 1. The predicted molar refractivity (Wildman–Crippen MR) is 80.8 cm³/mol. The minimum atomic E-state index is 0.455. The summed E-state index contributed by atoms with van der Waals surface area (Å²) < 4.78 is 11.8. The summed E-state index contributed by atoms with van der Waals surface area (Å²) in [5.41, 5.74) is 1.78. The van der Waals surface area contributed by atoms with Crippen LogP contribution >= 0.6 is 15.9 Å². The molecule has 0 aliphatic carbocycles. The van der Waals surface area contributed by atoms with E-state index in [1.807, 2.05) is 30.3 Å². The molecule has 5 heteroatoms. The minimum Gasteiger partial charge on any atom is -0.493 e. The molecular weight excluding hydrogens is 322 g/mol. The molecule has 20 heavy (non-hydrogen) atoms. The fourth-order valence-corrected chi connectivity index (χ4v) is 2.14. The third-order valence-electron chi connectivity index (χ3n) is 2.72. The van der Waals surface area contributed by atoms with Gasteiger partial charge >= 0.3 is 0 Å². The van der Waals surface area contributed by atoms with Crippen LogP contribution in [0.15, 0.2) is 52.1 Å². The van der Waals surface area contributed by atoms with Crippen LogP contribution < -0.4 is 9.47 Å². The van der Waals surface area contributed by atoms with Gasteiger partial charge in [-0.25, -0.2) is 0 Å². The van der Waals surface area contributed by atoms with E-state index in [-0.39, 0.29) is 0 Å². The number of oxime groups is 1. The molecule has 2 aromatic carbocycles. The van der Waals surface area contributed by atoms with Crippen molar-refractivity contribution in [3.63, 3.8) is 0 Å². The van der Waals surface area contributed by atoms with E-state index in [0.29, 0.717) is 23.7 Å². The molecule has 0 spiro atoms. The maximum atomic E-state index is 8.61. The van der Waals surface area contributed by atoms with Crippen LogP contribution in [0.5, 0.6) is 11.5 Å². The first kappa shape index (κ1) is 14.4. The molecule has 0 saturated heterocycles. The maximum absolute atomic E-state index is 8.61. The van der Waals surface area contributed by atoms with Crippen molar-refractivity contribution >= 4 is 22.1 Å². The average molecular weight is 336 g/mol. The maximum Gasteiger partial charge on any atom is 0.162 e. The second-order valence-corrected chi connectivity index (χ2v) is 4.90. The van der Waals surface area contributed by atoms with Gasteiger partial charge in [-0.15, -0.1) is 0 Å². The van der Waals surface area contributed by atoms with Crippen LogP contribution in [0.2, 0.25) is 0 Å². The van der Waals surface area contributed by atoms with Gasteiger partial charge in [0.15, 0.2) is 11.5 Å². The van der Waals surface area contributed by atoms with Gasteiger partial charge in [0.2, 0.25) is 0 Å². The van der Waals surface area contributed by atoms with Gasteiger partial charge in [-0.2, -0.15) is 0 Å². The summed E-state index contributed by atoms with van der Waals surface area (Å²) in [6.07, 6.45) is 1.33. The molecule has 0 bridgehead atoms. The predicted octanol–water partition coefficient (Wildman–Crippen LogP) is 3.84. The summed E-state index contributed by atoms with van der Waals surface area (Å²) >= 11 is 3.40. The summed E-state index contributed by atoms with van der Waals surface area (Å²) in [6, 6.07) is 13.4. The fraction of sp³-hybridized carbons (Fsp3) is 0.133.